The highest BCUT2D eigenvalue weighted by Gasteiger charge is 2.31. The van der Waals surface area contributed by atoms with E-state index in [0.29, 0.717) is 17.3 Å². The molecule has 1 amide bonds. The fourth-order valence-corrected chi connectivity index (χ4v) is 2.61. The van der Waals surface area contributed by atoms with Gasteiger partial charge in [0, 0.05) is 12.4 Å². The minimum atomic E-state index is -0.870. The van der Waals surface area contributed by atoms with Crippen molar-refractivity contribution >= 4 is 23.2 Å². The Bertz CT molecular complexity index is 896. The first-order valence-electron chi connectivity index (χ1n) is 7.95. The summed E-state index contributed by atoms with van der Waals surface area (Å²) in [5.41, 5.74) is 2.17. The van der Waals surface area contributed by atoms with Crippen LogP contribution in [0.4, 0.5) is 5.69 Å². The zero-order chi connectivity index (χ0) is 18.0. The zero-order valence-corrected chi connectivity index (χ0v) is 15.2. The van der Waals surface area contributed by atoms with Crippen LogP contribution in [0.25, 0.3) is 0 Å². The maximum Gasteiger partial charge on any atom is 0.251 e. The molecular formula is C18H20ClN5O. The van der Waals surface area contributed by atoms with Crippen molar-refractivity contribution in [1.82, 2.24) is 19.6 Å². The van der Waals surface area contributed by atoms with Gasteiger partial charge in [0.25, 0.3) is 5.91 Å². The number of nitrogens with one attached hydrogen (secondary N) is 1. The Morgan fingerprint density at radius 2 is 1.96 bits per heavy atom. The van der Waals surface area contributed by atoms with Crippen molar-refractivity contribution in [3.05, 3.63) is 65.2 Å². The number of carbonyl (C=O) groups excluding carboxylic acids is 1. The molecule has 0 spiro atoms. The number of rotatable bonds is 5. The minimum absolute atomic E-state index is 0.192. The Balaban J connectivity index is 1.71. The van der Waals surface area contributed by atoms with Crippen molar-refractivity contribution in [2.45, 2.75) is 32.9 Å². The van der Waals surface area contributed by atoms with Crippen LogP contribution in [0.5, 0.6) is 0 Å². The summed E-state index contributed by atoms with van der Waals surface area (Å²) >= 11 is 5.90. The number of hydrogen-bond acceptors (Lipinski definition) is 3. The Morgan fingerprint density at radius 1 is 1.20 bits per heavy atom. The van der Waals surface area contributed by atoms with E-state index in [0.717, 1.165) is 0 Å². The quantitative estimate of drug-likeness (QED) is 0.760. The standard InChI is InChI=1S/C18H20ClN5O/c1-13-6-4-5-7-14(13)10-23-12-16(9-20-23)22-17(25)18(2,3)24-11-15(19)8-21-24/h4-9,11-12H,10H2,1-3H3,(H,22,25). The number of hydrogen-bond donors (Lipinski definition) is 1. The monoisotopic (exact) mass is 357 g/mol. The first-order chi connectivity index (χ1) is 11.9. The largest absolute Gasteiger partial charge is 0.321 e. The number of aryl methyl sites for hydroxylation is 1. The summed E-state index contributed by atoms with van der Waals surface area (Å²) in [6.45, 7) is 6.28. The highest BCUT2D eigenvalue weighted by molar-refractivity contribution is 6.30. The molecule has 25 heavy (non-hydrogen) atoms. The smallest absolute Gasteiger partial charge is 0.251 e. The van der Waals surface area contributed by atoms with Gasteiger partial charge in [0.1, 0.15) is 5.54 Å². The molecule has 0 saturated carbocycles. The van der Waals surface area contributed by atoms with E-state index in [1.165, 1.54) is 17.3 Å². The predicted octanol–water partition coefficient (Wildman–Crippen LogP) is 3.46. The van der Waals surface area contributed by atoms with Gasteiger partial charge in [-0.25, -0.2) is 0 Å². The third-order valence-electron chi connectivity index (χ3n) is 4.16. The van der Waals surface area contributed by atoms with Gasteiger partial charge in [-0.2, -0.15) is 10.2 Å². The van der Waals surface area contributed by atoms with Crippen LogP contribution in [0.15, 0.2) is 49.1 Å². The number of amides is 1. The van der Waals surface area contributed by atoms with Crippen molar-refractivity contribution in [2.75, 3.05) is 5.32 Å². The molecule has 0 aliphatic carbocycles. The van der Waals surface area contributed by atoms with Crippen LogP contribution >= 0.6 is 11.6 Å². The van der Waals surface area contributed by atoms with Crippen molar-refractivity contribution < 1.29 is 4.79 Å². The average Bonchev–Trinajstić information content (AvgIpc) is 3.19. The molecule has 0 unspecified atom stereocenters. The molecule has 130 valence electrons. The molecule has 0 fully saturated rings. The molecular weight excluding hydrogens is 338 g/mol. The lowest BCUT2D eigenvalue weighted by Gasteiger charge is -2.23. The molecule has 0 radical (unpaired) electrons. The lowest BCUT2D eigenvalue weighted by atomic mass is 10.1. The van der Waals surface area contributed by atoms with Gasteiger partial charge in [0.2, 0.25) is 0 Å². The lowest BCUT2D eigenvalue weighted by Crippen LogP contribution is -2.40. The molecule has 0 saturated heterocycles. The summed E-state index contributed by atoms with van der Waals surface area (Å²) in [6.07, 6.45) is 6.60. The molecule has 2 heterocycles. The van der Waals surface area contributed by atoms with E-state index >= 15 is 0 Å². The van der Waals surface area contributed by atoms with Crippen LogP contribution in [0.2, 0.25) is 5.02 Å². The Morgan fingerprint density at radius 3 is 2.64 bits per heavy atom. The maximum atomic E-state index is 12.6. The molecule has 1 N–H and O–H groups in total. The van der Waals surface area contributed by atoms with Crippen LogP contribution < -0.4 is 5.32 Å². The number of carbonyl (C=O) groups is 1. The molecule has 0 atom stereocenters. The molecule has 7 heteroatoms. The van der Waals surface area contributed by atoms with Crippen molar-refractivity contribution in [3.63, 3.8) is 0 Å². The van der Waals surface area contributed by atoms with E-state index in [1.54, 1.807) is 35.6 Å². The van der Waals surface area contributed by atoms with Crippen LogP contribution in [0, 0.1) is 6.92 Å². The molecule has 1 aromatic carbocycles. The summed E-state index contributed by atoms with van der Waals surface area (Å²) in [5, 5.41) is 11.8. The van der Waals surface area contributed by atoms with Crippen LogP contribution in [0.1, 0.15) is 25.0 Å². The van der Waals surface area contributed by atoms with Crippen molar-refractivity contribution in [2.24, 2.45) is 0 Å². The van der Waals surface area contributed by atoms with Gasteiger partial charge in [-0.3, -0.25) is 14.2 Å². The Kier molecular flexibility index (Phi) is 4.63. The van der Waals surface area contributed by atoms with Crippen molar-refractivity contribution in [3.8, 4) is 0 Å². The van der Waals surface area contributed by atoms with Crippen LogP contribution in [0.3, 0.4) is 0 Å². The summed E-state index contributed by atoms with van der Waals surface area (Å²) in [6, 6.07) is 8.16. The molecule has 0 bridgehead atoms. The summed E-state index contributed by atoms with van der Waals surface area (Å²) in [7, 11) is 0. The first-order valence-corrected chi connectivity index (χ1v) is 8.33. The van der Waals surface area contributed by atoms with Gasteiger partial charge in [0.05, 0.1) is 29.6 Å². The lowest BCUT2D eigenvalue weighted by molar-refractivity contribution is -0.123. The third kappa shape index (κ3) is 3.74. The van der Waals surface area contributed by atoms with E-state index in [2.05, 4.69) is 34.6 Å². The van der Waals surface area contributed by atoms with Gasteiger partial charge in [0.15, 0.2) is 0 Å². The zero-order valence-electron chi connectivity index (χ0n) is 14.4. The Hall–Kier alpha value is -2.60. The van der Waals surface area contributed by atoms with Gasteiger partial charge >= 0.3 is 0 Å². The number of anilines is 1. The van der Waals surface area contributed by atoms with Gasteiger partial charge < -0.3 is 5.32 Å². The molecule has 3 aromatic rings. The number of benzene rings is 1. The van der Waals surface area contributed by atoms with E-state index in [1.807, 2.05) is 18.3 Å². The molecule has 0 aliphatic heterocycles. The van der Waals surface area contributed by atoms with Gasteiger partial charge in [-0.1, -0.05) is 35.9 Å². The van der Waals surface area contributed by atoms with E-state index in [-0.39, 0.29) is 5.91 Å². The second-order valence-electron chi connectivity index (χ2n) is 6.47. The molecule has 2 aromatic heterocycles. The molecule has 0 aliphatic rings. The fraction of sp³-hybridized carbons (Fsp3) is 0.278. The fourth-order valence-electron chi connectivity index (χ4n) is 2.47. The second kappa shape index (κ2) is 6.72. The third-order valence-corrected chi connectivity index (χ3v) is 4.36. The number of halogens is 1. The maximum absolute atomic E-state index is 12.6. The highest BCUT2D eigenvalue weighted by atomic mass is 35.5. The van der Waals surface area contributed by atoms with Gasteiger partial charge in [-0.15, -0.1) is 0 Å². The summed E-state index contributed by atoms with van der Waals surface area (Å²) < 4.78 is 3.35. The van der Waals surface area contributed by atoms with Crippen LogP contribution in [-0.2, 0) is 16.9 Å². The SMILES string of the molecule is Cc1ccccc1Cn1cc(NC(=O)C(C)(C)n2cc(Cl)cn2)cn1. The molecule has 3 rings (SSSR count). The highest BCUT2D eigenvalue weighted by Crippen LogP contribution is 2.20. The van der Waals surface area contributed by atoms with Crippen molar-refractivity contribution in [1.29, 1.82) is 0 Å². The van der Waals surface area contributed by atoms with Crippen LogP contribution in [-0.4, -0.2) is 25.5 Å². The second-order valence-corrected chi connectivity index (χ2v) is 6.91. The van der Waals surface area contributed by atoms with E-state index < -0.39 is 5.54 Å². The first kappa shape index (κ1) is 17.2. The summed E-state index contributed by atoms with van der Waals surface area (Å²) in [4.78, 5) is 12.6. The van der Waals surface area contributed by atoms with E-state index in [4.69, 9.17) is 11.6 Å². The number of nitrogens with zero attached hydrogens (tertiary/aromatic N) is 4. The number of aromatic nitrogens is 4. The topological polar surface area (TPSA) is 64.7 Å². The van der Waals surface area contributed by atoms with E-state index in [9.17, 15) is 4.79 Å². The average molecular weight is 358 g/mol. The minimum Gasteiger partial charge on any atom is -0.321 e. The predicted molar refractivity (Wildman–Crippen MR) is 97.7 cm³/mol. The molecule has 6 nitrogen and oxygen atoms in total. The van der Waals surface area contributed by atoms with Gasteiger partial charge in [-0.05, 0) is 31.9 Å². The Labute approximate surface area is 151 Å². The summed E-state index contributed by atoms with van der Waals surface area (Å²) in [5.74, 6) is -0.192. The normalized spacial score (nSPS) is 11.5.